The Kier molecular flexibility index (Phi) is 6.16. The van der Waals surface area contributed by atoms with Gasteiger partial charge in [0.1, 0.15) is 10.8 Å². The number of carbonyl (C=O) groups excluding carboxylic acids is 1. The number of benzene rings is 2. The lowest BCUT2D eigenvalue weighted by molar-refractivity contribution is 0.0602. The number of ether oxygens (including phenoxy) is 1. The molecule has 0 saturated carbocycles. The number of carbonyl (C=O) groups is 1. The third-order valence-electron chi connectivity index (χ3n) is 3.79. The highest BCUT2D eigenvalue weighted by atomic mass is 32.1. The Morgan fingerprint density at radius 3 is 2.52 bits per heavy atom. The van der Waals surface area contributed by atoms with Crippen molar-refractivity contribution >= 4 is 39.6 Å². The van der Waals surface area contributed by atoms with E-state index in [1.807, 2.05) is 30.3 Å². The molecule has 7 heteroatoms. The molecule has 0 unspecified atom stereocenters. The molecule has 4 nitrogen and oxygen atoms in total. The minimum absolute atomic E-state index is 0.283. The molecule has 0 aliphatic carbocycles. The number of anilines is 1. The van der Waals surface area contributed by atoms with Crippen LogP contribution < -0.4 is 10.6 Å². The number of methoxy groups -OCH3 is 1. The molecule has 27 heavy (non-hydrogen) atoms. The Labute approximate surface area is 166 Å². The molecule has 0 aliphatic heterocycles. The van der Waals surface area contributed by atoms with Crippen LogP contribution in [0.2, 0.25) is 0 Å². The molecule has 0 bridgehead atoms. The molecule has 0 spiro atoms. The number of hydrogen-bond acceptors (Lipinski definition) is 4. The van der Waals surface area contributed by atoms with Crippen molar-refractivity contribution in [3.63, 3.8) is 0 Å². The van der Waals surface area contributed by atoms with Crippen LogP contribution in [-0.4, -0.2) is 18.2 Å². The van der Waals surface area contributed by atoms with Gasteiger partial charge in [-0.3, -0.25) is 0 Å². The minimum atomic E-state index is -0.433. The summed E-state index contributed by atoms with van der Waals surface area (Å²) in [5.41, 5.74) is 2.32. The minimum Gasteiger partial charge on any atom is -0.465 e. The average molecular weight is 401 g/mol. The monoisotopic (exact) mass is 400 g/mol. The quantitative estimate of drug-likeness (QED) is 0.475. The van der Waals surface area contributed by atoms with Gasteiger partial charge in [-0.05, 0) is 41.5 Å². The summed E-state index contributed by atoms with van der Waals surface area (Å²) in [6.07, 6.45) is 0. The number of hydrogen-bond donors (Lipinski definition) is 2. The highest BCUT2D eigenvalue weighted by molar-refractivity contribution is 7.80. The van der Waals surface area contributed by atoms with E-state index in [-0.39, 0.29) is 5.82 Å². The first-order valence-electron chi connectivity index (χ1n) is 8.13. The van der Waals surface area contributed by atoms with Gasteiger partial charge < -0.3 is 15.4 Å². The maximum absolute atomic E-state index is 13.0. The second-order valence-corrected chi connectivity index (χ2v) is 7.11. The lowest BCUT2D eigenvalue weighted by Crippen LogP contribution is -2.28. The molecule has 1 heterocycles. The fourth-order valence-corrected chi connectivity index (χ4v) is 3.72. The summed E-state index contributed by atoms with van der Waals surface area (Å²) in [5.74, 6) is -0.716. The highest BCUT2D eigenvalue weighted by Gasteiger charge is 2.18. The molecule has 2 aromatic carbocycles. The van der Waals surface area contributed by atoms with Crippen LogP contribution in [0.1, 0.15) is 15.9 Å². The Hall–Kier alpha value is -2.77. The lowest BCUT2D eigenvalue weighted by atomic mass is 10.1. The van der Waals surface area contributed by atoms with Crippen LogP contribution in [0.5, 0.6) is 0 Å². The number of halogens is 1. The number of esters is 1. The molecule has 0 aliphatic rings. The fourth-order valence-electron chi connectivity index (χ4n) is 2.42. The molecule has 0 atom stereocenters. The smallest absolute Gasteiger partial charge is 0.340 e. The normalized spacial score (nSPS) is 10.3. The summed E-state index contributed by atoms with van der Waals surface area (Å²) in [6.45, 7) is 0.441. The summed E-state index contributed by atoms with van der Waals surface area (Å²) < 4.78 is 17.8. The van der Waals surface area contributed by atoms with Gasteiger partial charge in [-0.1, -0.05) is 42.5 Å². The van der Waals surface area contributed by atoms with Gasteiger partial charge in [0.25, 0.3) is 0 Å². The summed E-state index contributed by atoms with van der Waals surface area (Å²) in [6, 6.07) is 17.7. The van der Waals surface area contributed by atoms with Gasteiger partial charge in [-0.2, -0.15) is 0 Å². The first-order chi connectivity index (χ1) is 13.1. The van der Waals surface area contributed by atoms with Crippen LogP contribution in [0.15, 0.2) is 60.7 Å². The van der Waals surface area contributed by atoms with E-state index in [0.29, 0.717) is 22.2 Å². The van der Waals surface area contributed by atoms with E-state index in [9.17, 15) is 9.18 Å². The predicted molar refractivity (Wildman–Crippen MR) is 111 cm³/mol. The van der Waals surface area contributed by atoms with Crippen LogP contribution in [-0.2, 0) is 11.3 Å². The van der Waals surface area contributed by atoms with Crippen molar-refractivity contribution in [1.82, 2.24) is 5.32 Å². The van der Waals surface area contributed by atoms with Crippen LogP contribution in [0.4, 0.5) is 9.39 Å². The zero-order valence-corrected chi connectivity index (χ0v) is 16.1. The molecule has 138 valence electrons. The van der Waals surface area contributed by atoms with E-state index in [2.05, 4.69) is 10.6 Å². The molecule has 0 amide bonds. The van der Waals surface area contributed by atoms with Gasteiger partial charge in [-0.15, -0.1) is 11.3 Å². The average Bonchev–Trinajstić information content (AvgIpc) is 3.11. The standard InChI is InChI=1S/C20H17FN2O2S2/c1-25-19(24)16-11-17(14-5-3-2-4-6-14)27-18(16)23-20(26)22-12-13-7-9-15(21)10-8-13/h2-11H,12H2,1H3,(H2,22,23,26). The maximum Gasteiger partial charge on any atom is 0.340 e. The molecular weight excluding hydrogens is 383 g/mol. The van der Waals surface area contributed by atoms with Gasteiger partial charge in [0.2, 0.25) is 0 Å². The number of thiophene rings is 1. The van der Waals surface area contributed by atoms with Gasteiger partial charge >= 0.3 is 5.97 Å². The predicted octanol–water partition coefficient (Wildman–Crippen LogP) is 4.83. The van der Waals surface area contributed by atoms with Gasteiger partial charge in [0.15, 0.2) is 5.11 Å². The largest absolute Gasteiger partial charge is 0.465 e. The van der Waals surface area contributed by atoms with Gasteiger partial charge in [0, 0.05) is 11.4 Å². The van der Waals surface area contributed by atoms with Crippen LogP contribution in [0.3, 0.4) is 0 Å². The summed E-state index contributed by atoms with van der Waals surface area (Å²) in [7, 11) is 1.34. The molecule has 0 saturated heterocycles. The molecule has 0 radical (unpaired) electrons. The zero-order chi connectivity index (χ0) is 19.2. The Bertz CT molecular complexity index is 940. The van der Waals surface area contributed by atoms with E-state index in [0.717, 1.165) is 16.0 Å². The number of rotatable bonds is 5. The number of nitrogens with one attached hydrogen (secondary N) is 2. The molecular formula is C20H17FN2O2S2. The third kappa shape index (κ3) is 4.90. The van der Waals surface area contributed by atoms with Gasteiger partial charge in [-0.25, -0.2) is 9.18 Å². The first-order valence-corrected chi connectivity index (χ1v) is 9.36. The molecule has 1 aromatic heterocycles. The van der Waals surface area contributed by atoms with Crippen molar-refractivity contribution in [2.24, 2.45) is 0 Å². The molecule has 0 fully saturated rings. The van der Waals surface area contributed by atoms with E-state index >= 15 is 0 Å². The Morgan fingerprint density at radius 2 is 1.85 bits per heavy atom. The van der Waals surface area contributed by atoms with E-state index in [4.69, 9.17) is 17.0 Å². The maximum atomic E-state index is 13.0. The highest BCUT2D eigenvalue weighted by Crippen LogP contribution is 2.35. The topological polar surface area (TPSA) is 50.4 Å². The van der Waals surface area contributed by atoms with Gasteiger partial charge in [0.05, 0.1) is 12.7 Å². The molecule has 3 rings (SSSR count). The fraction of sp³-hybridized carbons (Fsp3) is 0.100. The first kappa shape index (κ1) is 19.0. The van der Waals surface area contributed by atoms with Crippen molar-refractivity contribution in [1.29, 1.82) is 0 Å². The van der Waals surface area contributed by atoms with Crippen molar-refractivity contribution in [3.8, 4) is 10.4 Å². The lowest BCUT2D eigenvalue weighted by Gasteiger charge is -2.10. The van der Waals surface area contributed by atoms with Crippen molar-refractivity contribution in [3.05, 3.63) is 77.6 Å². The van der Waals surface area contributed by atoms with Crippen LogP contribution >= 0.6 is 23.6 Å². The SMILES string of the molecule is COC(=O)c1cc(-c2ccccc2)sc1NC(=S)NCc1ccc(F)cc1. The second-order valence-electron chi connectivity index (χ2n) is 5.65. The van der Waals surface area contributed by atoms with E-state index in [1.54, 1.807) is 18.2 Å². The Morgan fingerprint density at radius 1 is 1.15 bits per heavy atom. The summed E-state index contributed by atoms with van der Waals surface area (Å²) in [4.78, 5) is 13.0. The Balaban J connectivity index is 1.74. The van der Waals surface area contributed by atoms with Crippen LogP contribution in [0.25, 0.3) is 10.4 Å². The van der Waals surface area contributed by atoms with Crippen LogP contribution in [0, 0.1) is 5.82 Å². The summed E-state index contributed by atoms with van der Waals surface area (Å²) >= 11 is 6.75. The number of thiocarbonyl (C=S) groups is 1. The summed E-state index contributed by atoms with van der Waals surface area (Å²) in [5, 5.41) is 7.09. The molecule has 2 N–H and O–H groups in total. The third-order valence-corrected chi connectivity index (χ3v) is 5.14. The second kappa shape index (κ2) is 8.75. The van der Waals surface area contributed by atoms with Crippen molar-refractivity contribution in [2.75, 3.05) is 12.4 Å². The van der Waals surface area contributed by atoms with Crippen molar-refractivity contribution < 1.29 is 13.9 Å². The zero-order valence-electron chi connectivity index (χ0n) is 14.5. The molecule has 3 aromatic rings. The van der Waals surface area contributed by atoms with Crippen molar-refractivity contribution in [2.45, 2.75) is 6.54 Å². The van der Waals surface area contributed by atoms with E-state index in [1.165, 1.54) is 30.6 Å². The van der Waals surface area contributed by atoms with E-state index < -0.39 is 5.97 Å².